The zero-order valence-corrected chi connectivity index (χ0v) is 14.0. The summed E-state index contributed by atoms with van der Waals surface area (Å²) >= 11 is 0. The Morgan fingerprint density at radius 2 is 1.78 bits per heavy atom. The predicted molar refractivity (Wildman–Crippen MR) is 94.2 cm³/mol. The van der Waals surface area contributed by atoms with Crippen molar-refractivity contribution in [2.45, 2.75) is 27.2 Å². The smallest absolute Gasteiger partial charge is 0.258 e. The molecule has 0 saturated heterocycles. The Balaban J connectivity index is 0.000000924. The highest BCUT2D eigenvalue weighted by Gasteiger charge is 2.06. The average molecular weight is 310 g/mol. The normalized spacial score (nSPS) is 10.1. The summed E-state index contributed by atoms with van der Waals surface area (Å²) < 4.78 is 5.18. The van der Waals surface area contributed by atoms with Crippen molar-refractivity contribution in [3.05, 3.63) is 69.8 Å². The second kappa shape index (κ2) is 7.58. The number of aromatic amines is 1. The number of benzene rings is 2. The summed E-state index contributed by atoms with van der Waals surface area (Å²) in [4.78, 5) is 19.5. The van der Waals surface area contributed by atoms with Crippen LogP contribution in [0.3, 0.4) is 0 Å². The minimum absolute atomic E-state index is 0.121. The van der Waals surface area contributed by atoms with E-state index in [9.17, 15) is 4.79 Å². The van der Waals surface area contributed by atoms with Crippen LogP contribution in [0.15, 0.2) is 47.3 Å². The van der Waals surface area contributed by atoms with Crippen molar-refractivity contribution in [3.8, 4) is 5.75 Å². The van der Waals surface area contributed by atoms with Gasteiger partial charge in [0.15, 0.2) is 0 Å². The van der Waals surface area contributed by atoms with Crippen LogP contribution in [0.1, 0.15) is 30.8 Å². The zero-order chi connectivity index (χ0) is 16.8. The van der Waals surface area contributed by atoms with Gasteiger partial charge < -0.3 is 9.72 Å². The Morgan fingerprint density at radius 3 is 2.43 bits per heavy atom. The molecular weight excluding hydrogens is 288 g/mol. The Kier molecular flexibility index (Phi) is 5.52. The van der Waals surface area contributed by atoms with Crippen LogP contribution in [-0.4, -0.2) is 17.1 Å². The lowest BCUT2D eigenvalue weighted by atomic mass is 10.1. The summed E-state index contributed by atoms with van der Waals surface area (Å²) in [6.45, 7) is 6.05. The lowest BCUT2D eigenvalue weighted by Crippen LogP contribution is -2.12. The van der Waals surface area contributed by atoms with Gasteiger partial charge in [-0.1, -0.05) is 43.7 Å². The van der Waals surface area contributed by atoms with Crippen LogP contribution >= 0.6 is 0 Å². The second-order valence-corrected chi connectivity index (χ2v) is 5.06. The van der Waals surface area contributed by atoms with Crippen LogP contribution in [0.5, 0.6) is 5.75 Å². The second-order valence-electron chi connectivity index (χ2n) is 5.06. The quantitative estimate of drug-likeness (QED) is 0.799. The number of H-pyrrole nitrogens is 1. The van der Waals surface area contributed by atoms with Gasteiger partial charge in [0, 0.05) is 12.5 Å². The molecule has 0 fully saturated rings. The first-order valence-corrected chi connectivity index (χ1v) is 7.78. The first-order valence-electron chi connectivity index (χ1n) is 7.78. The van der Waals surface area contributed by atoms with Gasteiger partial charge in [-0.05, 0) is 24.6 Å². The highest BCUT2D eigenvalue weighted by atomic mass is 16.5. The number of hydrogen-bond acceptors (Lipinski definition) is 3. The molecule has 0 aliphatic carbocycles. The van der Waals surface area contributed by atoms with Crippen molar-refractivity contribution >= 4 is 10.9 Å². The first kappa shape index (κ1) is 16.7. The maximum Gasteiger partial charge on any atom is 0.258 e. The number of rotatable bonds is 3. The number of nitrogens with zero attached hydrogens (tertiary/aromatic N) is 1. The number of ether oxygens (including phenoxy) is 1. The number of methoxy groups -OCH3 is 1. The van der Waals surface area contributed by atoms with Crippen LogP contribution in [0.25, 0.3) is 10.9 Å². The molecule has 0 radical (unpaired) electrons. The summed E-state index contributed by atoms with van der Waals surface area (Å²) in [5, 5.41) is 0.573. The molecule has 1 heterocycles. The van der Waals surface area contributed by atoms with Gasteiger partial charge in [-0.3, -0.25) is 4.79 Å². The third-order valence-electron chi connectivity index (χ3n) is 3.45. The largest absolute Gasteiger partial charge is 0.497 e. The van der Waals surface area contributed by atoms with Gasteiger partial charge in [0.25, 0.3) is 5.56 Å². The van der Waals surface area contributed by atoms with Crippen molar-refractivity contribution < 1.29 is 4.74 Å². The third kappa shape index (κ3) is 3.97. The molecule has 4 heteroatoms. The molecule has 0 atom stereocenters. The fraction of sp³-hybridized carbons (Fsp3) is 0.263. The zero-order valence-electron chi connectivity index (χ0n) is 14.0. The molecule has 0 bridgehead atoms. The Bertz CT molecular complexity index is 836. The Hall–Kier alpha value is -2.62. The van der Waals surface area contributed by atoms with Crippen molar-refractivity contribution in [3.63, 3.8) is 0 Å². The van der Waals surface area contributed by atoms with E-state index in [0.717, 1.165) is 5.56 Å². The van der Waals surface area contributed by atoms with Gasteiger partial charge in [0.05, 0.1) is 18.0 Å². The molecule has 0 saturated carbocycles. The van der Waals surface area contributed by atoms with Crippen molar-refractivity contribution in [2.24, 2.45) is 0 Å². The first-order chi connectivity index (χ1) is 11.2. The van der Waals surface area contributed by atoms with Gasteiger partial charge in [0.2, 0.25) is 0 Å². The number of aryl methyl sites for hydroxylation is 1. The lowest BCUT2D eigenvalue weighted by Gasteiger charge is -2.05. The van der Waals surface area contributed by atoms with E-state index >= 15 is 0 Å². The van der Waals surface area contributed by atoms with Gasteiger partial charge in [0.1, 0.15) is 11.6 Å². The number of hydrogen-bond donors (Lipinski definition) is 1. The molecule has 120 valence electrons. The summed E-state index contributed by atoms with van der Waals surface area (Å²) in [6, 6.07) is 13.5. The molecular formula is C19H22N2O2. The van der Waals surface area contributed by atoms with Crippen LogP contribution in [0.4, 0.5) is 0 Å². The topological polar surface area (TPSA) is 55.0 Å². The molecule has 0 aliphatic heterocycles. The van der Waals surface area contributed by atoms with E-state index in [1.165, 1.54) is 5.56 Å². The van der Waals surface area contributed by atoms with Crippen LogP contribution in [0.2, 0.25) is 0 Å². The summed E-state index contributed by atoms with van der Waals surface area (Å²) in [5.41, 5.74) is 2.86. The van der Waals surface area contributed by atoms with E-state index in [1.54, 1.807) is 25.3 Å². The van der Waals surface area contributed by atoms with E-state index in [1.807, 2.05) is 32.9 Å². The van der Waals surface area contributed by atoms with E-state index in [0.29, 0.717) is 28.9 Å². The van der Waals surface area contributed by atoms with Crippen LogP contribution < -0.4 is 10.3 Å². The molecule has 1 N–H and O–H groups in total. The standard InChI is InChI=1S/C17H16N2O2.C2H6/c1-11-3-5-12(6-4-11)9-16-18-15-10-13(21-2)7-8-14(15)17(20)19-16;1-2/h3-8,10H,9H2,1-2H3,(H,18,19,20);1-2H3. The predicted octanol–water partition coefficient (Wildman–Crippen LogP) is 3.86. The van der Waals surface area contributed by atoms with Crippen LogP contribution in [0, 0.1) is 6.92 Å². The Morgan fingerprint density at radius 1 is 1.09 bits per heavy atom. The molecule has 3 aromatic rings. The molecule has 0 spiro atoms. The SMILES string of the molecule is CC.COc1ccc2c(=O)[nH]c(Cc3ccc(C)cc3)nc2c1. The number of aromatic nitrogens is 2. The van der Waals surface area contributed by atoms with Gasteiger partial charge >= 0.3 is 0 Å². The molecule has 3 rings (SSSR count). The lowest BCUT2D eigenvalue weighted by molar-refractivity contribution is 0.415. The maximum absolute atomic E-state index is 12.1. The molecule has 23 heavy (non-hydrogen) atoms. The summed E-state index contributed by atoms with van der Waals surface area (Å²) in [7, 11) is 1.60. The fourth-order valence-corrected chi connectivity index (χ4v) is 2.28. The molecule has 4 nitrogen and oxygen atoms in total. The molecule has 0 aliphatic rings. The Labute approximate surface area is 136 Å². The van der Waals surface area contributed by atoms with E-state index in [-0.39, 0.29) is 5.56 Å². The van der Waals surface area contributed by atoms with Crippen molar-refractivity contribution in [2.75, 3.05) is 7.11 Å². The van der Waals surface area contributed by atoms with Gasteiger partial charge in [-0.2, -0.15) is 0 Å². The monoisotopic (exact) mass is 310 g/mol. The molecule has 0 unspecified atom stereocenters. The van der Waals surface area contributed by atoms with Gasteiger partial charge in [-0.25, -0.2) is 4.98 Å². The summed E-state index contributed by atoms with van der Waals surface area (Å²) in [5.74, 6) is 1.35. The van der Waals surface area contributed by atoms with E-state index in [4.69, 9.17) is 4.74 Å². The minimum Gasteiger partial charge on any atom is -0.497 e. The molecule has 2 aromatic carbocycles. The third-order valence-corrected chi connectivity index (χ3v) is 3.45. The summed E-state index contributed by atoms with van der Waals surface area (Å²) in [6.07, 6.45) is 0.600. The molecule has 1 aromatic heterocycles. The minimum atomic E-state index is -0.121. The van der Waals surface area contributed by atoms with Gasteiger partial charge in [-0.15, -0.1) is 0 Å². The van der Waals surface area contributed by atoms with Crippen LogP contribution in [-0.2, 0) is 6.42 Å². The average Bonchev–Trinajstić information content (AvgIpc) is 2.58. The number of nitrogens with one attached hydrogen (secondary N) is 1. The maximum atomic E-state index is 12.1. The van der Waals surface area contributed by atoms with E-state index in [2.05, 4.69) is 22.1 Å². The fourth-order valence-electron chi connectivity index (χ4n) is 2.28. The highest BCUT2D eigenvalue weighted by molar-refractivity contribution is 5.79. The van der Waals surface area contributed by atoms with E-state index < -0.39 is 0 Å². The highest BCUT2D eigenvalue weighted by Crippen LogP contribution is 2.17. The van der Waals surface area contributed by atoms with Crippen molar-refractivity contribution in [1.29, 1.82) is 0 Å². The molecule has 0 amide bonds. The number of fused-ring (bicyclic) bond motifs is 1. The van der Waals surface area contributed by atoms with Crippen molar-refractivity contribution in [1.82, 2.24) is 9.97 Å².